The number of rotatable bonds is 5. The van der Waals surface area contributed by atoms with E-state index in [1.165, 1.54) is 16.8 Å². The van der Waals surface area contributed by atoms with Crippen molar-refractivity contribution in [3.05, 3.63) is 76.4 Å². The molecule has 2 aromatic carbocycles. The second-order valence-electron chi connectivity index (χ2n) is 5.41. The van der Waals surface area contributed by atoms with Crippen LogP contribution in [0.5, 0.6) is 5.75 Å². The number of hydrogen-bond acceptors (Lipinski definition) is 3. The number of carbonyl (C=O) groups is 1. The third-order valence-electron chi connectivity index (χ3n) is 3.66. The Bertz CT molecular complexity index is 939. The average molecular weight is 378 g/mol. The quantitative estimate of drug-likeness (QED) is 0.727. The summed E-state index contributed by atoms with van der Waals surface area (Å²) in [6.07, 6.45) is 1.61. The van der Waals surface area contributed by atoms with Crippen molar-refractivity contribution in [1.29, 1.82) is 0 Å². The van der Waals surface area contributed by atoms with Gasteiger partial charge < -0.3 is 10.1 Å². The summed E-state index contributed by atoms with van der Waals surface area (Å²) in [5.74, 6) is -1.97. The third kappa shape index (κ3) is 3.83. The second-order valence-corrected chi connectivity index (χ2v) is 5.81. The molecule has 0 aliphatic carbocycles. The molecule has 0 spiro atoms. The zero-order valence-electron chi connectivity index (χ0n) is 13.7. The van der Waals surface area contributed by atoms with Crippen LogP contribution in [0.25, 0.3) is 0 Å². The molecule has 0 saturated heterocycles. The molecule has 1 amide bonds. The largest absolute Gasteiger partial charge is 0.497 e. The number of carbonyl (C=O) groups excluding carboxylic acids is 1. The van der Waals surface area contributed by atoms with Gasteiger partial charge in [0.15, 0.2) is 5.82 Å². The number of benzene rings is 2. The molecule has 0 fully saturated rings. The highest BCUT2D eigenvalue weighted by Gasteiger charge is 2.18. The van der Waals surface area contributed by atoms with Crippen molar-refractivity contribution in [3.63, 3.8) is 0 Å². The number of methoxy groups -OCH3 is 1. The fourth-order valence-corrected chi connectivity index (χ4v) is 2.56. The Kier molecular flexibility index (Phi) is 5.18. The normalized spacial score (nSPS) is 10.6. The van der Waals surface area contributed by atoms with Gasteiger partial charge >= 0.3 is 0 Å². The molecule has 0 radical (unpaired) electrons. The first-order valence-corrected chi connectivity index (χ1v) is 7.97. The van der Waals surface area contributed by atoms with Crippen LogP contribution in [0.1, 0.15) is 15.9 Å². The lowest BCUT2D eigenvalue weighted by atomic mass is 10.2. The van der Waals surface area contributed by atoms with Gasteiger partial charge in [-0.15, -0.1) is 0 Å². The number of nitrogens with zero attached hydrogens (tertiary/aromatic N) is 2. The topological polar surface area (TPSA) is 56.1 Å². The fraction of sp³-hybridized carbons (Fsp3) is 0.111. The van der Waals surface area contributed by atoms with Gasteiger partial charge in [0.1, 0.15) is 22.9 Å². The summed E-state index contributed by atoms with van der Waals surface area (Å²) in [5.41, 5.74) is 0.116. The first-order valence-electron chi connectivity index (χ1n) is 7.59. The van der Waals surface area contributed by atoms with Crippen LogP contribution < -0.4 is 10.1 Å². The molecular formula is C18H14ClF2N3O2. The van der Waals surface area contributed by atoms with Gasteiger partial charge in [-0.3, -0.25) is 9.48 Å². The molecule has 1 aromatic heterocycles. The van der Waals surface area contributed by atoms with Crippen LogP contribution in [0.2, 0.25) is 5.02 Å². The van der Waals surface area contributed by atoms with Crippen LogP contribution in [0.15, 0.2) is 48.7 Å². The number of anilines is 1. The maximum absolute atomic E-state index is 13.7. The lowest BCUT2D eigenvalue weighted by molar-refractivity contribution is 0.101. The SMILES string of the molecule is COc1ccc(Cl)c(Cn2ccc(NC(=O)c3c(F)cccc3F)n2)c1. The van der Waals surface area contributed by atoms with Gasteiger partial charge in [0, 0.05) is 17.3 Å². The van der Waals surface area contributed by atoms with Crippen molar-refractivity contribution in [2.75, 3.05) is 12.4 Å². The van der Waals surface area contributed by atoms with E-state index >= 15 is 0 Å². The highest BCUT2D eigenvalue weighted by Crippen LogP contribution is 2.23. The maximum Gasteiger partial charge on any atom is 0.262 e. The van der Waals surface area contributed by atoms with Gasteiger partial charge in [0.05, 0.1) is 13.7 Å². The minimum absolute atomic E-state index is 0.164. The Hall–Kier alpha value is -2.93. The van der Waals surface area contributed by atoms with E-state index in [2.05, 4.69) is 10.4 Å². The molecule has 0 unspecified atom stereocenters. The molecule has 8 heteroatoms. The zero-order valence-corrected chi connectivity index (χ0v) is 14.4. The van der Waals surface area contributed by atoms with E-state index in [4.69, 9.17) is 16.3 Å². The Labute approximate surface area is 153 Å². The van der Waals surface area contributed by atoms with Crippen LogP contribution in [0.4, 0.5) is 14.6 Å². The molecular weight excluding hydrogens is 364 g/mol. The third-order valence-corrected chi connectivity index (χ3v) is 4.03. The van der Waals surface area contributed by atoms with Crippen LogP contribution in [-0.4, -0.2) is 22.8 Å². The number of halogens is 3. The summed E-state index contributed by atoms with van der Waals surface area (Å²) >= 11 is 6.16. The Balaban J connectivity index is 1.75. The summed E-state index contributed by atoms with van der Waals surface area (Å²) < 4.78 is 34.0. The van der Waals surface area contributed by atoms with Crippen molar-refractivity contribution in [1.82, 2.24) is 9.78 Å². The first-order chi connectivity index (χ1) is 12.5. The molecule has 0 saturated carbocycles. The van der Waals surface area contributed by atoms with E-state index in [1.54, 1.807) is 31.5 Å². The van der Waals surface area contributed by atoms with Crippen molar-refractivity contribution >= 4 is 23.3 Å². The van der Waals surface area contributed by atoms with Crippen LogP contribution >= 0.6 is 11.6 Å². The van der Waals surface area contributed by atoms with E-state index in [-0.39, 0.29) is 5.82 Å². The Morgan fingerprint density at radius 2 is 1.96 bits per heavy atom. The summed E-state index contributed by atoms with van der Waals surface area (Å²) in [7, 11) is 1.55. The number of aromatic nitrogens is 2. The molecule has 3 rings (SSSR count). The van der Waals surface area contributed by atoms with Crippen molar-refractivity contribution in [2.45, 2.75) is 6.54 Å². The highest BCUT2D eigenvalue weighted by atomic mass is 35.5. The van der Waals surface area contributed by atoms with E-state index in [9.17, 15) is 13.6 Å². The molecule has 3 aromatic rings. The molecule has 0 atom stereocenters. The van der Waals surface area contributed by atoms with Crippen LogP contribution in [-0.2, 0) is 6.54 Å². The molecule has 0 aliphatic rings. The van der Waals surface area contributed by atoms with Gasteiger partial charge in [-0.25, -0.2) is 8.78 Å². The molecule has 1 N–H and O–H groups in total. The smallest absolute Gasteiger partial charge is 0.262 e. The molecule has 26 heavy (non-hydrogen) atoms. The summed E-state index contributed by atoms with van der Waals surface area (Å²) in [6.45, 7) is 0.333. The van der Waals surface area contributed by atoms with Crippen LogP contribution in [0, 0.1) is 11.6 Å². The standard InChI is InChI=1S/C18H14ClF2N3O2/c1-26-12-5-6-13(19)11(9-12)10-24-8-7-16(23-24)22-18(25)17-14(20)3-2-4-15(17)21/h2-9H,10H2,1H3,(H,22,23,25). The van der Waals surface area contributed by atoms with Gasteiger partial charge in [-0.05, 0) is 35.9 Å². The number of ether oxygens (including phenoxy) is 1. The molecule has 5 nitrogen and oxygen atoms in total. The average Bonchev–Trinajstić information content (AvgIpc) is 3.03. The van der Waals surface area contributed by atoms with E-state index in [0.717, 1.165) is 17.7 Å². The highest BCUT2D eigenvalue weighted by molar-refractivity contribution is 6.31. The van der Waals surface area contributed by atoms with E-state index < -0.39 is 23.1 Å². The van der Waals surface area contributed by atoms with E-state index in [0.29, 0.717) is 17.3 Å². The summed E-state index contributed by atoms with van der Waals surface area (Å²) in [6, 6.07) is 9.96. The van der Waals surface area contributed by atoms with Gasteiger partial charge in [-0.2, -0.15) is 5.10 Å². The first kappa shape index (κ1) is 17.9. The fourth-order valence-electron chi connectivity index (χ4n) is 2.38. The number of hydrogen-bond donors (Lipinski definition) is 1. The van der Waals surface area contributed by atoms with Gasteiger partial charge in [-0.1, -0.05) is 17.7 Å². The van der Waals surface area contributed by atoms with Gasteiger partial charge in [0.25, 0.3) is 5.91 Å². The minimum atomic E-state index is -0.940. The van der Waals surface area contributed by atoms with Crippen molar-refractivity contribution in [3.8, 4) is 5.75 Å². The Morgan fingerprint density at radius 1 is 1.23 bits per heavy atom. The molecule has 1 heterocycles. The minimum Gasteiger partial charge on any atom is -0.497 e. The Morgan fingerprint density at radius 3 is 2.65 bits per heavy atom. The van der Waals surface area contributed by atoms with Crippen LogP contribution in [0.3, 0.4) is 0 Å². The molecule has 0 aliphatic heterocycles. The second kappa shape index (κ2) is 7.53. The zero-order chi connectivity index (χ0) is 18.7. The summed E-state index contributed by atoms with van der Waals surface area (Å²) in [4.78, 5) is 12.1. The molecule has 134 valence electrons. The monoisotopic (exact) mass is 377 g/mol. The number of amides is 1. The number of nitrogens with one attached hydrogen (secondary N) is 1. The maximum atomic E-state index is 13.7. The van der Waals surface area contributed by atoms with Crippen molar-refractivity contribution in [2.24, 2.45) is 0 Å². The molecule has 0 bridgehead atoms. The van der Waals surface area contributed by atoms with E-state index in [1.807, 2.05) is 0 Å². The lowest BCUT2D eigenvalue weighted by Crippen LogP contribution is -2.16. The predicted octanol–water partition coefficient (Wildman–Crippen LogP) is 4.12. The predicted molar refractivity (Wildman–Crippen MR) is 93.6 cm³/mol. The lowest BCUT2D eigenvalue weighted by Gasteiger charge is -2.07. The van der Waals surface area contributed by atoms with Crippen molar-refractivity contribution < 1.29 is 18.3 Å². The van der Waals surface area contributed by atoms with Gasteiger partial charge in [0.2, 0.25) is 0 Å². The summed E-state index contributed by atoms with van der Waals surface area (Å²) in [5, 5.41) is 7.08.